The second-order valence-electron chi connectivity index (χ2n) is 8.89. The monoisotopic (exact) mass is 756 g/mol. The van der Waals surface area contributed by atoms with E-state index in [4.69, 9.17) is 42.5 Å². The number of nitrogens with zero attached hydrogens (tertiary/aromatic N) is 2. The maximum absolute atomic E-state index is 12.4. The van der Waals surface area contributed by atoms with Gasteiger partial charge >= 0.3 is 41.0 Å². The minimum atomic E-state index is -1.21. The first-order valence-corrected chi connectivity index (χ1v) is 14.0. The molecule has 2 aliphatic heterocycles. The second-order valence-corrected chi connectivity index (χ2v) is 9.77. The smallest absolute Gasteiger partial charge is 1.00 e. The van der Waals surface area contributed by atoms with Crippen LogP contribution in [0.15, 0.2) is 73.3 Å². The quantitative estimate of drug-likeness (QED) is 0.105. The molecule has 4 heterocycles. The van der Waals surface area contributed by atoms with Gasteiger partial charge in [-0.05, 0) is 43.2 Å². The number of ether oxygens (including phenoxy) is 4. The van der Waals surface area contributed by atoms with Crippen LogP contribution in [0.25, 0.3) is 0 Å². The van der Waals surface area contributed by atoms with E-state index in [0.717, 1.165) is 19.4 Å². The summed E-state index contributed by atoms with van der Waals surface area (Å²) in [5.74, 6) is -1.92. The number of carboxylic acid groups (broad SMARTS) is 1. The molecule has 242 valence electrons. The zero-order valence-electron chi connectivity index (χ0n) is 25.2. The van der Waals surface area contributed by atoms with Crippen LogP contribution in [0.2, 0.25) is 10.0 Å². The van der Waals surface area contributed by atoms with E-state index in [0.29, 0.717) is 21.4 Å². The van der Waals surface area contributed by atoms with E-state index in [2.05, 4.69) is 20.8 Å². The van der Waals surface area contributed by atoms with Gasteiger partial charge in [0.2, 0.25) is 0 Å². The Bertz CT molecular complexity index is 1630. The number of rotatable bonds is 5. The first-order valence-electron chi connectivity index (χ1n) is 13.2. The number of aromatic nitrogens is 2. The number of carbonyl (C=O) groups is 4. The first kappa shape index (κ1) is 41.4. The standard InChI is InChI=1S/C14H10ClNO4.C7H6ClO.C7H3NO3.C4H8O.BrH.Mg/c1-20-12-6-8(15)2-3-10(12)13(17)9-4-5-16-7-11(9)14(18)19;1-9-7-4-2-3-6(8)5-7;9-6-4-1-2-8-3-5(4)7(10)11-6;1-2-4-5-3-1;;/h2-7H,1H3,(H,18,19);2-3,5H,1H3;1-3H;1-4H2;1H;/q;-1;;;;+2/p-1. The summed E-state index contributed by atoms with van der Waals surface area (Å²) in [6, 6.07) is 15.4. The van der Waals surface area contributed by atoms with E-state index in [1.807, 2.05) is 0 Å². The van der Waals surface area contributed by atoms with Crippen molar-refractivity contribution in [3.05, 3.63) is 117 Å². The molecule has 0 amide bonds. The molecule has 1 fully saturated rings. The molecule has 0 bridgehead atoms. The van der Waals surface area contributed by atoms with Crippen molar-refractivity contribution in [2.75, 3.05) is 27.4 Å². The zero-order valence-corrected chi connectivity index (χ0v) is 29.7. The predicted molar refractivity (Wildman–Crippen MR) is 169 cm³/mol. The zero-order chi connectivity index (χ0) is 32.8. The molecular weight excluding hydrogens is 731 g/mol. The summed E-state index contributed by atoms with van der Waals surface area (Å²) < 4.78 is 19.2. The number of carbonyl (C=O) groups excluding carboxylic acids is 3. The molecular formula is C32H27BrCl2MgN2O9. The average Bonchev–Trinajstić information content (AvgIpc) is 3.74. The van der Waals surface area contributed by atoms with Gasteiger partial charge in [0.1, 0.15) is 5.75 Å². The number of pyridine rings is 2. The van der Waals surface area contributed by atoms with E-state index in [-0.39, 0.29) is 68.0 Å². The van der Waals surface area contributed by atoms with Crippen molar-refractivity contribution in [1.29, 1.82) is 0 Å². The van der Waals surface area contributed by atoms with Crippen LogP contribution in [0, 0.1) is 6.07 Å². The van der Waals surface area contributed by atoms with Gasteiger partial charge in [-0.1, -0.05) is 16.6 Å². The Morgan fingerprint density at radius 3 is 2.02 bits per heavy atom. The molecule has 47 heavy (non-hydrogen) atoms. The fraction of sp³-hybridized carbons (Fsp3) is 0.188. The van der Waals surface area contributed by atoms with Crippen molar-refractivity contribution in [2.45, 2.75) is 12.8 Å². The summed E-state index contributed by atoms with van der Waals surface area (Å²) in [4.78, 5) is 52.6. The second kappa shape index (κ2) is 21.3. The van der Waals surface area contributed by atoms with Crippen LogP contribution in [0.4, 0.5) is 0 Å². The number of esters is 2. The molecule has 2 aliphatic rings. The molecule has 1 saturated heterocycles. The predicted octanol–water partition coefficient (Wildman–Crippen LogP) is 2.63. The third-order valence-corrected chi connectivity index (χ3v) is 6.41. The molecule has 2 aromatic heterocycles. The Hall–Kier alpha value is -3.59. The molecule has 0 spiro atoms. The summed E-state index contributed by atoms with van der Waals surface area (Å²) in [6.45, 7) is 2.00. The molecule has 0 saturated carbocycles. The molecule has 11 nitrogen and oxygen atoms in total. The topological polar surface area (TPSA) is 151 Å². The Morgan fingerprint density at radius 2 is 1.47 bits per heavy atom. The maximum atomic E-state index is 12.4. The third-order valence-electron chi connectivity index (χ3n) is 5.93. The van der Waals surface area contributed by atoms with E-state index in [9.17, 15) is 19.2 Å². The number of halogens is 3. The molecule has 0 atom stereocenters. The van der Waals surface area contributed by atoms with Gasteiger partial charge in [-0.15, -0.1) is 23.7 Å². The van der Waals surface area contributed by atoms with Crippen LogP contribution in [0.3, 0.4) is 0 Å². The summed E-state index contributed by atoms with van der Waals surface area (Å²) >= 11 is 11.5. The van der Waals surface area contributed by atoms with Crippen molar-refractivity contribution < 1.29 is 60.2 Å². The number of hydrogen-bond acceptors (Lipinski definition) is 10. The molecule has 1 N–H and O–H groups in total. The van der Waals surface area contributed by atoms with Gasteiger partial charge in [-0.3, -0.25) is 14.8 Å². The van der Waals surface area contributed by atoms with Gasteiger partial charge < -0.3 is 41.0 Å². The van der Waals surface area contributed by atoms with Gasteiger partial charge in [0.25, 0.3) is 0 Å². The maximum Gasteiger partial charge on any atom is 2.00 e. The van der Waals surface area contributed by atoms with Crippen molar-refractivity contribution in [3.8, 4) is 11.5 Å². The van der Waals surface area contributed by atoms with Crippen LogP contribution < -0.4 is 26.5 Å². The molecule has 4 aromatic rings. The molecule has 0 radical (unpaired) electrons. The Kier molecular flexibility index (Phi) is 18.8. The summed E-state index contributed by atoms with van der Waals surface area (Å²) in [5, 5.41) is 10.2. The number of fused-ring (bicyclic) bond motifs is 1. The summed E-state index contributed by atoms with van der Waals surface area (Å²) in [7, 11) is 3.00. The molecule has 15 heteroatoms. The van der Waals surface area contributed by atoms with Crippen LogP contribution >= 0.6 is 23.2 Å². The Morgan fingerprint density at radius 1 is 0.830 bits per heavy atom. The van der Waals surface area contributed by atoms with E-state index in [1.165, 1.54) is 62.8 Å². The fourth-order valence-electron chi connectivity index (χ4n) is 3.74. The third kappa shape index (κ3) is 12.5. The fourth-order valence-corrected chi connectivity index (χ4v) is 4.06. The first-order chi connectivity index (χ1) is 21.7. The van der Waals surface area contributed by atoms with Gasteiger partial charge in [-0.25, -0.2) is 14.4 Å². The number of benzene rings is 2. The minimum absolute atomic E-state index is 0. The minimum Gasteiger partial charge on any atom is -1.00 e. The SMILES string of the molecule is C1CCOC1.COc1[c-]ccc(Cl)c1.COc1cc(Cl)ccc1C(=O)c1ccncc1C(=O)O.O=C1OC(=O)c2cnccc21.[Br-].[Mg+2]. The Labute approximate surface area is 307 Å². The number of aromatic carboxylic acids is 1. The number of cyclic esters (lactones) is 2. The van der Waals surface area contributed by atoms with Crippen molar-refractivity contribution in [2.24, 2.45) is 0 Å². The van der Waals surface area contributed by atoms with E-state index >= 15 is 0 Å². The van der Waals surface area contributed by atoms with Gasteiger partial charge in [0, 0.05) is 54.3 Å². The van der Waals surface area contributed by atoms with Crippen molar-refractivity contribution in [1.82, 2.24) is 9.97 Å². The van der Waals surface area contributed by atoms with Gasteiger partial charge in [0.05, 0.1) is 36.5 Å². The van der Waals surface area contributed by atoms with Gasteiger partial charge in [-0.2, -0.15) is 12.1 Å². The molecule has 6 rings (SSSR count). The van der Waals surface area contributed by atoms with Crippen LogP contribution in [0.1, 0.15) is 59.8 Å². The Balaban J connectivity index is 0.000000345. The van der Waals surface area contributed by atoms with Gasteiger partial charge in [0.15, 0.2) is 5.78 Å². The molecule has 2 aromatic carbocycles. The van der Waals surface area contributed by atoms with Crippen molar-refractivity contribution in [3.63, 3.8) is 0 Å². The molecule has 0 unspecified atom stereocenters. The van der Waals surface area contributed by atoms with E-state index < -0.39 is 23.7 Å². The van der Waals surface area contributed by atoms with Crippen LogP contribution in [-0.4, -0.2) is 89.3 Å². The summed E-state index contributed by atoms with van der Waals surface area (Å²) in [6.07, 6.45) is 7.82. The number of ketones is 1. The summed E-state index contributed by atoms with van der Waals surface area (Å²) in [5.41, 5.74) is 0.677. The van der Waals surface area contributed by atoms with E-state index in [1.54, 1.807) is 31.4 Å². The van der Waals surface area contributed by atoms with Crippen LogP contribution in [0.5, 0.6) is 11.5 Å². The number of carboxylic acids is 1. The number of methoxy groups -OCH3 is 2. The molecule has 0 aliphatic carbocycles. The van der Waals surface area contributed by atoms with Crippen LogP contribution in [-0.2, 0) is 9.47 Å². The van der Waals surface area contributed by atoms with Crippen molar-refractivity contribution >= 4 is 69.9 Å². The largest absolute Gasteiger partial charge is 2.00 e. The number of hydrogen-bond donors (Lipinski definition) is 1. The normalized spacial score (nSPS) is 12.0. The average molecular weight is 759 g/mol.